The summed E-state index contributed by atoms with van der Waals surface area (Å²) in [6, 6.07) is 16.9. The minimum Gasteiger partial charge on any atom is -0.311 e. The monoisotopic (exact) mass is 383 g/mol. The van der Waals surface area contributed by atoms with Crippen molar-refractivity contribution in [3.05, 3.63) is 65.2 Å². The van der Waals surface area contributed by atoms with Gasteiger partial charge in [0.2, 0.25) is 10.0 Å². The van der Waals surface area contributed by atoms with Crippen molar-refractivity contribution in [3.8, 4) is 0 Å². The van der Waals surface area contributed by atoms with Gasteiger partial charge in [-0.3, -0.25) is 4.90 Å². The van der Waals surface area contributed by atoms with Gasteiger partial charge >= 0.3 is 0 Å². The molecule has 2 atom stereocenters. The molecule has 3 heterocycles. The van der Waals surface area contributed by atoms with Crippen LogP contribution in [0.15, 0.2) is 53.4 Å². The largest absolute Gasteiger partial charge is 0.311 e. The Balaban J connectivity index is 1.36. The lowest BCUT2D eigenvalue weighted by Gasteiger charge is -2.29. The van der Waals surface area contributed by atoms with E-state index in [9.17, 15) is 8.42 Å². The first kappa shape index (κ1) is 17.4. The fourth-order valence-corrected chi connectivity index (χ4v) is 6.19. The molecule has 0 spiro atoms. The van der Waals surface area contributed by atoms with E-state index < -0.39 is 10.0 Å². The van der Waals surface area contributed by atoms with Crippen LogP contribution in [0.5, 0.6) is 0 Å². The van der Waals surface area contributed by atoms with E-state index in [2.05, 4.69) is 16.3 Å². The average molecular weight is 384 g/mol. The Morgan fingerprint density at radius 1 is 1.07 bits per heavy atom. The van der Waals surface area contributed by atoms with E-state index in [1.54, 1.807) is 10.4 Å². The van der Waals surface area contributed by atoms with Gasteiger partial charge in [-0.1, -0.05) is 36.4 Å². The highest BCUT2D eigenvalue weighted by atomic mass is 32.2. The summed E-state index contributed by atoms with van der Waals surface area (Å²) in [5.41, 5.74) is 3.46. The zero-order valence-electron chi connectivity index (χ0n) is 15.3. The highest BCUT2D eigenvalue weighted by Gasteiger charge is 2.37. The number of nitrogens with zero attached hydrogens (tertiary/aromatic N) is 2. The van der Waals surface area contributed by atoms with Gasteiger partial charge in [0.25, 0.3) is 0 Å². The fourth-order valence-electron chi connectivity index (χ4n) is 4.70. The predicted octanol–water partition coefficient (Wildman–Crippen LogP) is 1.98. The van der Waals surface area contributed by atoms with Crippen molar-refractivity contribution in [1.82, 2.24) is 14.5 Å². The van der Waals surface area contributed by atoms with Gasteiger partial charge in [0.15, 0.2) is 0 Å². The Hall–Kier alpha value is -1.73. The Morgan fingerprint density at radius 3 is 2.70 bits per heavy atom. The van der Waals surface area contributed by atoms with Gasteiger partial charge in [-0.05, 0) is 41.7 Å². The van der Waals surface area contributed by atoms with Gasteiger partial charge in [-0.25, -0.2) is 8.42 Å². The third-order valence-electron chi connectivity index (χ3n) is 6.19. The highest BCUT2D eigenvalue weighted by Crippen LogP contribution is 2.28. The Bertz CT molecular complexity index is 959. The second kappa shape index (κ2) is 6.71. The summed E-state index contributed by atoms with van der Waals surface area (Å²) < 4.78 is 28.1. The van der Waals surface area contributed by atoms with Crippen LogP contribution in [-0.2, 0) is 29.5 Å². The van der Waals surface area contributed by atoms with Gasteiger partial charge in [-0.15, -0.1) is 0 Å². The number of hydrogen-bond donors (Lipinski definition) is 1. The third kappa shape index (κ3) is 3.21. The van der Waals surface area contributed by atoms with Gasteiger partial charge in [0.05, 0.1) is 4.90 Å². The van der Waals surface area contributed by atoms with E-state index in [1.807, 2.05) is 36.4 Å². The molecule has 2 unspecified atom stereocenters. The van der Waals surface area contributed by atoms with Crippen molar-refractivity contribution in [3.63, 3.8) is 0 Å². The molecule has 3 aliphatic heterocycles. The molecule has 0 radical (unpaired) electrons. The number of fused-ring (bicyclic) bond motifs is 3. The van der Waals surface area contributed by atoms with E-state index >= 15 is 0 Å². The Kier molecular flexibility index (Phi) is 4.31. The number of rotatable bonds is 4. The summed E-state index contributed by atoms with van der Waals surface area (Å²) in [7, 11) is -3.47. The zero-order valence-corrected chi connectivity index (χ0v) is 16.2. The summed E-state index contributed by atoms with van der Waals surface area (Å²) in [6.45, 7) is 3.95. The molecule has 27 heavy (non-hydrogen) atoms. The highest BCUT2D eigenvalue weighted by molar-refractivity contribution is 7.89. The van der Waals surface area contributed by atoms with Gasteiger partial charge in [0.1, 0.15) is 0 Å². The standard InChI is InChI=1S/C21H25N3O2S/c25-27(26,24-9-8-17-5-1-2-6-18(17)14-24)21-7-3-4-16(10-21)13-23-15-19-11-20(23)12-22-19/h1-7,10,19-20,22H,8-9,11-15H2. The molecule has 2 fully saturated rings. The lowest BCUT2D eigenvalue weighted by atomic mass is 10.0. The molecule has 142 valence electrons. The van der Waals surface area contributed by atoms with Crippen molar-refractivity contribution in [2.45, 2.75) is 42.9 Å². The van der Waals surface area contributed by atoms with Crippen LogP contribution >= 0.6 is 0 Å². The van der Waals surface area contributed by atoms with Crippen molar-refractivity contribution < 1.29 is 8.42 Å². The quantitative estimate of drug-likeness (QED) is 0.877. The van der Waals surface area contributed by atoms with Crippen LogP contribution in [0.1, 0.15) is 23.1 Å². The molecule has 5 rings (SSSR count). The molecule has 2 saturated heterocycles. The van der Waals surface area contributed by atoms with Crippen LogP contribution in [0, 0.1) is 0 Å². The van der Waals surface area contributed by atoms with Crippen LogP contribution in [-0.4, -0.2) is 49.3 Å². The minimum atomic E-state index is -3.47. The second-order valence-electron chi connectivity index (χ2n) is 7.93. The molecule has 1 N–H and O–H groups in total. The molecule has 2 aromatic rings. The number of benzene rings is 2. The molecule has 0 aliphatic carbocycles. The van der Waals surface area contributed by atoms with Gasteiger partial charge in [-0.2, -0.15) is 4.31 Å². The third-order valence-corrected chi connectivity index (χ3v) is 8.03. The summed E-state index contributed by atoms with van der Waals surface area (Å²) in [6.07, 6.45) is 1.99. The molecule has 0 amide bonds. The Labute approximate surface area is 161 Å². The maximum absolute atomic E-state index is 13.2. The molecule has 2 bridgehead atoms. The maximum atomic E-state index is 13.2. The maximum Gasteiger partial charge on any atom is 0.243 e. The first-order chi connectivity index (χ1) is 13.1. The summed E-state index contributed by atoms with van der Waals surface area (Å²) >= 11 is 0. The van der Waals surface area contributed by atoms with Gasteiger partial charge < -0.3 is 5.32 Å². The Morgan fingerprint density at radius 2 is 1.93 bits per heavy atom. The van der Waals surface area contributed by atoms with Crippen molar-refractivity contribution >= 4 is 10.0 Å². The molecule has 0 aromatic heterocycles. The number of hydrogen-bond acceptors (Lipinski definition) is 4. The smallest absolute Gasteiger partial charge is 0.243 e. The van der Waals surface area contributed by atoms with Crippen LogP contribution in [0.4, 0.5) is 0 Å². The van der Waals surface area contributed by atoms with E-state index in [0.29, 0.717) is 30.1 Å². The number of sulfonamides is 1. The lowest BCUT2D eigenvalue weighted by molar-refractivity contribution is 0.217. The molecule has 0 saturated carbocycles. The molecular formula is C21H25N3O2S. The van der Waals surface area contributed by atoms with E-state index in [0.717, 1.165) is 37.2 Å². The van der Waals surface area contributed by atoms with Crippen LogP contribution < -0.4 is 5.32 Å². The molecule has 5 nitrogen and oxygen atoms in total. The molecule has 3 aliphatic rings. The number of piperazine rings is 1. The summed E-state index contributed by atoms with van der Waals surface area (Å²) in [5, 5.41) is 3.51. The molecule has 2 aromatic carbocycles. The zero-order chi connectivity index (χ0) is 18.4. The fraction of sp³-hybridized carbons (Fsp3) is 0.429. The van der Waals surface area contributed by atoms with Crippen molar-refractivity contribution in [2.24, 2.45) is 0 Å². The summed E-state index contributed by atoms with van der Waals surface area (Å²) in [4.78, 5) is 2.89. The number of nitrogens with one attached hydrogen (secondary N) is 1. The predicted molar refractivity (Wildman–Crippen MR) is 105 cm³/mol. The van der Waals surface area contributed by atoms with Crippen LogP contribution in [0.3, 0.4) is 0 Å². The first-order valence-corrected chi connectivity index (χ1v) is 11.2. The van der Waals surface area contributed by atoms with Crippen LogP contribution in [0.2, 0.25) is 0 Å². The molecular weight excluding hydrogens is 358 g/mol. The molecule has 6 heteroatoms. The second-order valence-corrected chi connectivity index (χ2v) is 9.87. The van der Waals surface area contributed by atoms with E-state index in [1.165, 1.54) is 12.0 Å². The van der Waals surface area contributed by atoms with Crippen molar-refractivity contribution in [2.75, 3.05) is 19.6 Å². The average Bonchev–Trinajstić information content (AvgIpc) is 3.31. The van der Waals surface area contributed by atoms with E-state index in [4.69, 9.17) is 0 Å². The van der Waals surface area contributed by atoms with Crippen LogP contribution in [0.25, 0.3) is 0 Å². The van der Waals surface area contributed by atoms with E-state index in [-0.39, 0.29) is 0 Å². The normalized spacial score (nSPS) is 25.6. The number of likely N-dealkylation sites (tertiary alicyclic amines) is 1. The first-order valence-electron chi connectivity index (χ1n) is 9.73. The lowest BCUT2D eigenvalue weighted by Crippen LogP contribution is -2.43. The topological polar surface area (TPSA) is 52.7 Å². The summed E-state index contributed by atoms with van der Waals surface area (Å²) in [5.74, 6) is 0. The SMILES string of the molecule is O=S(=O)(c1cccc(CN2CC3CC2CN3)c1)N1CCc2ccccc2C1. The van der Waals surface area contributed by atoms with Gasteiger partial charge in [0, 0.05) is 44.8 Å². The van der Waals surface area contributed by atoms with Crippen molar-refractivity contribution in [1.29, 1.82) is 0 Å². The minimum absolute atomic E-state index is 0.418.